The second-order valence-electron chi connectivity index (χ2n) is 4.76. The van der Waals surface area contributed by atoms with Crippen molar-refractivity contribution in [1.82, 2.24) is 5.48 Å². The molecule has 0 aliphatic rings. The van der Waals surface area contributed by atoms with Crippen LogP contribution in [0.15, 0.2) is 54.6 Å². The highest BCUT2D eigenvalue weighted by Gasteiger charge is 2.12. The number of carbonyl (C=O) groups excluding carboxylic acids is 1. The Morgan fingerprint density at radius 2 is 1.65 bits per heavy atom. The number of aliphatic hydroxyl groups is 1. The number of hydroxylamine groups is 1. The monoisotopic (exact) mass is 311 g/mol. The predicted molar refractivity (Wildman–Crippen MR) is 84.6 cm³/mol. The summed E-state index contributed by atoms with van der Waals surface area (Å²) < 4.78 is 5.24. The zero-order valence-electron chi connectivity index (χ0n) is 12.4. The van der Waals surface area contributed by atoms with Gasteiger partial charge >= 0.3 is 0 Å². The van der Waals surface area contributed by atoms with Crippen LogP contribution >= 0.6 is 0 Å². The van der Waals surface area contributed by atoms with Gasteiger partial charge in [-0.2, -0.15) is 0 Å². The average molecular weight is 311 g/mol. The van der Waals surface area contributed by atoms with Crippen molar-refractivity contribution >= 4 is 5.91 Å². The van der Waals surface area contributed by atoms with Crippen molar-refractivity contribution in [3.05, 3.63) is 71.3 Å². The highest BCUT2D eigenvalue weighted by Crippen LogP contribution is 2.17. The number of carbonyl (C=O) groups is 1. The number of hydrogen-bond donors (Lipinski definition) is 3. The molecule has 0 aromatic heterocycles. The molecule has 0 saturated heterocycles. The molecule has 118 valence electrons. The molecule has 2 aromatic rings. The van der Waals surface area contributed by atoms with E-state index in [1.54, 1.807) is 12.1 Å². The number of hydrogen-bond acceptors (Lipinski definition) is 4. The molecule has 0 unspecified atom stereocenters. The molecule has 23 heavy (non-hydrogen) atoms. The number of ether oxygens (including phenoxy) is 1. The van der Waals surface area contributed by atoms with Crippen molar-refractivity contribution in [3.63, 3.8) is 0 Å². The van der Waals surface area contributed by atoms with Gasteiger partial charge in [-0.05, 0) is 29.8 Å². The molecule has 2 aromatic carbocycles. The van der Waals surface area contributed by atoms with Crippen LogP contribution < -0.4 is 5.48 Å². The van der Waals surface area contributed by atoms with Crippen LogP contribution in [-0.4, -0.2) is 29.4 Å². The van der Waals surface area contributed by atoms with Gasteiger partial charge in [0.25, 0.3) is 5.91 Å². The van der Waals surface area contributed by atoms with Crippen LogP contribution in [0.3, 0.4) is 0 Å². The first kappa shape index (κ1) is 16.7. The summed E-state index contributed by atoms with van der Waals surface area (Å²) in [5.74, 6) is 5.44. The van der Waals surface area contributed by atoms with Crippen molar-refractivity contribution < 1.29 is 19.8 Å². The van der Waals surface area contributed by atoms with E-state index in [2.05, 4.69) is 11.8 Å². The first-order valence-electron chi connectivity index (χ1n) is 7.05. The summed E-state index contributed by atoms with van der Waals surface area (Å²) in [7, 11) is 0. The number of benzene rings is 2. The third kappa shape index (κ3) is 5.24. The van der Waals surface area contributed by atoms with Crippen LogP contribution in [0.25, 0.3) is 0 Å². The lowest BCUT2D eigenvalue weighted by atomic mass is 10.1. The van der Waals surface area contributed by atoms with Crippen LogP contribution in [0.4, 0.5) is 0 Å². The zero-order chi connectivity index (χ0) is 16.5. The summed E-state index contributed by atoms with van der Waals surface area (Å²) in [6.07, 6.45) is -0.636. The van der Waals surface area contributed by atoms with E-state index in [0.717, 1.165) is 16.7 Å². The minimum absolute atomic E-state index is 0.270. The van der Waals surface area contributed by atoms with Gasteiger partial charge in [-0.15, -0.1) is 0 Å². The van der Waals surface area contributed by atoms with Crippen molar-refractivity contribution in [3.8, 4) is 11.8 Å². The van der Waals surface area contributed by atoms with Crippen molar-refractivity contribution in [1.29, 1.82) is 0 Å². The number of nitrogens with one attached hydrogen (secondary N) is 1. The van der Waals surface area contributed by atoms with E-state index in [1.165, 1.54) is 5.48 Å². The molecule has 3 N–H and O–H groups in total. The van der Waals surface area contributed by atoms with Crippen LogP contribution in [-0.2, 0) is 9.53 Å². The maximum absolute atomic E-state index is 11.0. The van der Waals surface area contributed by atoms with E-state index in [1.807, 2.05) is 42.5 Å². The summed E-state index contributed by atoms with van der Waals surface area (Å²) in [6.45, 7) is -0.606. The minimum Gasteiger partial charge on any atom is -0.393 e. The lowest BCUT2D eigenvalue weighted by Crippen LogP contribution is -2.25. The molecule has 5 nitrogen and oxygen atoms in total. The SMILES string of the molecule is O=C(CO[C@H](CO)c1ccc(C#Cc2ccccc2)cc1)NO. The summed E-state index contributed by atoms with van der Waals surface area (Å²) in [4.78, 5) is 11.0. The molecule has 0 spiro atoms. The maximum Gasteiger partial charge on any atom is 0.269 e. The Labute approximate surface area is 134 Å². The Morgan fingerprint density at radius 1 is 1.04 bits per heavy atom. The molecule has 0 aliphatic heterocycles. The second kappa shape index (κ2) is 8.71. The lowest BCUT2D eigenvalue weighted by Gasteiger charge is -2.15. The predicted octanol–water partition coefficient (Wildman–Crippen LogP) is 1.64. The molecule has 0 fully saturated rings. The molecule has 0 bridgehead atoms. The van der Waals surface area contributed by atoms with Gasteiger partial charge in [0.05, 0.1) is 6.61 Å². The molecule has 0 heterocycles. The zero-order valence-corrected chi connectivity index (χ0v) is 12.4. The van der Waals surface area contributed by atoms with Crippen molar-refractivity contribution in [2.45, 2.75) is 6.10 Å². The summed E-state index contributed by atoms with van der Waals surface area (Å²) in [5, 5.41) is 17.8. The second-order valence-corrected chi connectivity index (χ2v) is 4.76. The highest BCUT2D eigenvalue weighted by molar-refractivity contribution is 5.75. The third-order valence-corrected chi connectivity index (χ3v) is 3.11. The van der Waals surface area contributed by atoms with Gasteiger partial charge in [0.1, 0.15) is 12.7 Å². The Balaban J connectivity index is 2.03. The van der Waals surface area contributed by atoms with Crippen molar-refractivity contribution in [2.75, 3.05) is 13.2 Å². The van der Waals surface area contributed by atoms with Crippen LogP contribution in [0.1, 0.15) is 22.8 Å². The summed E-state index contributed by atoms with van der Waals surface area (Å²) >= 11 is 0. The van der Waals surface area contributed by atoms with E-state index < -0.39 is 12.0 Å². The average Bonchev–Trinajstić information content (AvgIpc) is 2.62. The molecule has 0 radical (unpaired) electrons. The van der Waals surface area contributed by atoms with Gasteiger partial charge in [-0.1, -0.05) is 42.2 Å². The van der Waals surface area contributed by atoms with Gasteiger partial charge in [-0.25, -0.2) is 5.48 Å². The van der Waals surface area contributed by atoms with Gasteiger partial charge in [0.15, 0.2) is 0 Å². The largest absolute Gasteiger partial charge is 0.393 e. The topological polar surface area (TPSA) is 78.8 Å². The fourth-order valence-electron chi connectivity index (χ4n) is 1.91. The smallest absolute Gasteiger partial charge is 0.269 e. The number of amides is 1. The fourth-order valence-corrected chi connectivity index (χ4v) is 1.91. The Morgan fingerprint density at radius 3 is 2.22 bits per heavy atom. The standard InChI is InChI=1S/C18H17NO4/c20-12-17(23-13-18(21)19-22)16-10-8-15(9-11-16)7-6-14-4-2-1-3-5-14/h1-5,8-11,17,20,22H,12-13H2,(H,19,21)/t17-/m1/s1. The molecular weight excluding hydrogens is 294 g/mol. The Bertz CT molecular complexity index is 686. The number of rotatable bonds is 5. The van der Waals surface area contributed by atoms with Gasteiger partial charge in [0, 0.05) is 11.1 Å². The lowest BCUT2D eigenvalue weighted by molar-refractivity contribution is -0.137. The van der Waals surface area contributed by atoms with Crippen LogP contribution in [0, 0.1) is 11.8 Å². The quantitative estimate of drug-likeness (QED) is 0.446. The van der Waals surface area contributed by atoms with E-state index >= 15 is 0 Å². The highest BCUT2D eigenvalue weighted by atomic mass is 16.5. The number of aliphatic hydroxyl groups excluding tert-OH is 1. The molecule has 0 aliphatic carbocycles. The summed E-state index contributed by atoms with van der Waals surface area (Å²) in [5.41, 5.74) is 3.97. The van der Waals surface area contributed by atoms with E-state index in [9.17, 15) is 9.90 Å². The Kier molecular flexibility index (Phi) is 6.33. The first-order valence-corrected chi connectivity index (χ1v) is 7.05. The van der Waals surface area contributed by atoms with E-state index in [4.69, 9.17) is 9.94 Å². The molecular formula is C18H17NO4. The fraction of sp³-hybridized carbons (Fsp3) is 0.167. The van der Waals surface area contributed by atoms with E-state index in [-0.39, 0.29) is 13.2 Å². The van der Waals surface area contributed by atoms with Crippen LogP contribution in [0.5, 0.6) is 0 Å². The van der Waals surface area contributed by atoms with Gasteiger partial charge in [0.2, 0.25) is 0 Å². The normalized spacial score (nSPS) is 11.2. The van der Waals surface area contributed by atoms with Gasteiger partial charge in [-0.3, -0.25) is 10.0 Å². The molecule has 2 rings (SSSR count). The molecule has 1 atom stereocenters. The third-order valence-electron chi connectivity index (χ3n) is 3.11. The maximum atomic E-state index is 11.0. The minimum atomic E-state index is -0.672. The van der Waals surface area contributed by atoms with E-state index in [0.29, 0.717) is 0 Å². The molecule has 5 heteroatoms. The molecule has 1 amide bonds. The van der Waals surface area contributed by atoms with Gasteiger partial charge < -0.3 is 9.84 Å². The first-order chi connectivity index (χ1) is 11.2. The molecule has 0 saturated carbocycles. The van der Waals surface area contributed by atoms with Crippen molar-refractivity contribution in [2.24, 2.45) is 0 Å². The Hall–Kier alpha value is -2.65. The summed E-state index contributed by atoms with van der Waals surface area (Å²) in [6, 6.07) is 16.9. The van der Waals surface area contributed by atoms with Crippen LogP contribution in [0.2, 0.25) is 0 Å².